The molecule has 0 fully saturated rings. The second-order valence-electron chi connectivity index (χ2n) is 6.17. The molecule has 3 aromatic rings. The first-order chi connectivity index (χ1) is 12.3. The summed E-state index contributed by atoms with van der Waals surface area (Å²) in [5, 5.41) is 2.74. The molecule has 0 spiro atoms. The smallest absolute Gasteiger partial charge is 0.408 e. The maximum atomic E-state index is 12.7. The minimum Gasteiger partial charge on any atom is -0.408 e. The molecule has 0 saturated heterocycles. The van der Waals surface area contributed by atoms with Crippen LogP contribution in [0.1, 0.15) is 18.4 Å². The van der Waals surface area contributed by atoms with Gasteiger partial charge in [0.05, 0.1) is 16.3 Å². The molecule has 4 rings (SSSR count). The Labute approximate surface area is 148 Å². The van der Waals surface area contributed by atoms with Crippen LogP contribution in [-0.4, -0.2) is 18.9 Å². The molecule has 1 aliphatic rings. The molecule has 26 heavy (non-hydrogen) atoms. The van der Waals surface area contributed by atoms with Gasteiger partial charge in [0, 0.05) is 24.5 Å². The summed E-state index contributed by atoms with van der Waals surface area (Å²) in [4.78, 5) is 23.2. The van der Waals surface area contributed by atoms with E-state index in [0.29, 0.717) is 16.9 Å². The summed E-state index contributed by atoms with van der Waals surface area (Å²) in [6.07, 6.45) is 0. The molecule has 1 aliphatic heterocycles. The van der Waals surface area contributed by atoms with Crippen LogP contribution in [0.5, 0.6) is 0 Å². The van der Waals surface area contributed by atoms with Gasteiger partial charge in [-0.25, -0.2) is 13.2 Å². The van der Waals surface area contributed by atoms with Crippen molar-refractivity contribution in [3.8, 4) is 0 Å². The van der Waals surface area contributed by atoms with Gasteiger partial charge in [-0.1, -0.05) is 0 Å². The molecule has 0 radical (unpaired) electrons. The van der Waals surface area contributed by atoms with Gasteiger partial charge in [-0.3, -0.25) is 14.1 Å². The number of nitrogens with zero attached hydrogens (tertiary/aromatic N) is 1. The number of benzene rings is 2. The molecule has 1 aromatic heterocycles. The summed E-state index contributed by atoms with van der Waals surface area (Å²) in [6, 6.07) is 9.10. The Balaban J connectivity index is 1.70. The zero-order valence-corrected chi connectivity index (χ0v) is 14.8. The molecular formula is C17H15N3O5S. The number of carbonyl (C=O) groups excluding carboxylic acids is 1. The molecular weight excluding hydrogens is 358 g/mol. The number of aryl methyl sites for hydroxylation is 1. The molecule has 1 atom stereocenters. The van der Waals surface area contributed by atoms with Crippen molar-refractivity contribution in [2.24, 2.45) is 7.05 Å². The molecule has 0 aliphatic carbocycles. The number of sulfonamides is 1. The van der Waals surface area contributed by atoms with Gasteiger partial charge in [-0.15, -0.1) is 0 Å². The fourth-order valence-electron chi connectivity index (χ4n) is 2.98. The molecule has 0 saturated carbocycles. The lowest BCUT2D eigenvalue weighted by molar-refractivity contribution is -0.116. The summed E-state index contributed by atoms with van der Waals surface area (Å²) in [7, 11) is -2.34. The first kappa shape index (κ1) is 16.4. The van der Waals surface area contributed by atoms with Crippen molar-refractivity contribution < 1.29 is 17.6 Å². The van der Waals surface area contributed by atoms with E-state index in [2.05, 4.69) is 10.0 Å². The topological polar surface area (TPSA) is 110 Å². The number of anilines is 2. The second kappa shape index (κ2) is 5.46. The van der Waals surface area contributed by atoms with Gasteiger partial charge in [-0.05, 0) is 42.8 Å². The molecule has 134 valence electrons. The third-order valence-corrected chi connectivity index (χ3v) is 5.87. The Morgan fingerprint density at radius 2 is 1.92 bits per heavy atom. The van der Waals surface area contributed by atoms with E-state index < -0.39 is 15.8 Å². The van der Waals surface area contributed by atoms with Crippen LogP contribution in [0.2, 0.25) is 0 Å². The van der Waals surface area contributed by atoms with Crippen molar-refractivity contribution in [3.63, 3.8) is 0 Å². The van der Waals surface area contributed by atoms with E-state index in [1.807, 2.05) is 0 Å². The van der Waals surface area contributed by atoms with Gasteiger partial charge in [0.2, 0.25) is 5.91 Å². The zero-order chi connectivity index (χ0) is 18.6. The number of carbonyl (C=O) groups is 1. The van der Waals surface area contributed by atoms with Crippen LogP contribution < -0.4 is 15.8 Å². The first-order valence-corrected chi connectivity index (χ1v) is 9.32. The molecule has 8 nitrogen and oxygen atoms in total. The Morgan fingerprint density at radius 3 is 2.69 bits per heavy atom. The highest BCUT2D eigenvalue weighted by atomic mass is 32.2. The average molecular weight is 373 g/mol. The van der Waals surface area contributed by atoms with Crippen LogP contribution >= 0.6 is 0 Å². The van der Waals surface area contributed by atoms with Crippen LogP contribution in [0.15, 0.2) is 50.5 Å². The number of hydrogen-bond acceptors (Lipinski definition) is 5. The van der Waals surface area contributed by atoms with Crippen LogP contribution in [0.25, 0.3) is 11.1 Å². The van der Waals surface area contributed by atoms with E-state index in [-0.39, 0.29) is 22.3 Å². The van der Waals surface area contributed by atoms with E-state index in [1.165, 1.54) is 22.8 Å². The van der Waals surface area contributed by atoms with Crippen molar-refractivity contribution in [1.29, 1.82) is 0 Å². The van der Waals surface area contributed by atoms with Crippen molar-refractivity contribution in [2.75, 3.05) is 10.0 Å². The minimum atomic E-state index is -3.88. The Hall–Kier alpha value is -3.07. The number of amides is 1. The van der Waals surface area contributed by atoms with E-state index in [0.717, 1.165) is 5.56 Å². The quantitative estimate of drug-likeness (QED) is 0.729. The first-order valence-electron chi connectivity index (χ1n) is 7.83. The summed E-state index contributed by atoms with van der Waals surface area (Å²) in [6.45, 7) is 1.75. The highest BCUT2D eigenvalue weighted by molar-refractivity contribution is 7.92. The Morgan fingerprint density at radius 1 is 1.15 bits per heavy atom. The number of rotatable bonds is 3. The average Bonchev–Trinajstić information content (AvgIpc) is 3.04. The molecule has 2 aromatic carbocycles. The monoisotopic (exact) mass is 373 g/mol. The fraction of sp³-hybridized carbons (Fsp3) is 0.176. The predicted octanol–water partition coefficient (Wildman–Crippen LogP) is 1.99. The Bertz CT molecular complexity index is 1220. The van der Waals surface area contributed by atoms with Crippen molar-refractivity contribution in [1.82, 2.24) is 4.57 Å². The summed E-state index contributed by atoms with van der Waals surface area (Å²) in [5.41, 5.74) is 2.46. The van der Waals surface area contributed by atoms with Gasteiger partial charge < -0.3 is 9.73 Å². The number of nitrogens with one attached hydrogen (secondary N) is 2. The molecule has 9 heteroatoms. The van der Waals surface area contributed by atoms with Gasteiger partial charge in [-0.2, -0.15) is 0 Å². The van der Waals surface area contributed by atoms with E-state index >= 15 is 0 Å². The molecule has 1 amide bonds. The number of hydrogen-bond donors (Lipinski definition) is 2. The lowest BCUT2D eigenvalue weighted by Crippen LogP contribution is -2.13. The normalized spacial score (nSPS) is 16.5. The lowest BCUT2D eigenvalue weighted by Gasteiger charge is -2.10. The van der Waals surface area contributed by atoms with E-state index in [1.54, 1.807) is 32.2 Å². The number of aromatic nitrogens is 1. The highest BCUT2D eigenvalue weighted by Gasteiger charge is 2.27. The SMILES string of the molecule is CC1C(=O)Nc2ccc(NS(=O)(=O)c3ccc4c(c3)oc(=O)n4C)cc21. The van der Waals surface area contributed by atoms with Crippen molar-refractivity contribution in [3.05, 3.63) is 52.5 Å². The summed E-state index contributed by atoms with van der Waals surface area (Å²) in [5.74, 6) is -1.03. The van der Waals surface area contributed by atoms with Crippen molar-refractivity contribution >= 4 is 38.4 Å². The minimum absolute atomic E-state index is 0.0258. The van der Waals surface area contributed by atoms with Crippen LogP contribution in [0.3, 0.4) is 0 Å². The van der Waals surface area contributed by atoms with E-state index in [9.17, 15) is 18.0 Å². The molecule has 2 N–H and O–H groups in total. The number of fused-ring (bicyclic) bond motifs is 2. The maximum Gasteiger partial charge on any atom is 0.419 e. The molecule has 1 unspecified atom stereocenters. The summed E-state index contributed by atoms with van der Waals surface area (Å²) >= 11 is 0. The van der Waals surface area contributed by atoms with Crippen LogP contribution in [-0.2, 0) is 21.9 Å². The van der Waals surface area contributed by atoms with Gasteiger partial charge >= 0.3 is 5.76 Å². The van der Waals surface area contributed by atoms with Gasteiger partial charge in [0.25, 0.3) is 10.0 Å². The summed E-state index contributed by atoms with van der Waals surface area (Å²) < 4.78 is 34.2. The fourth-order valence-corrected chi connectivity index (χ4v) is 4.04. The molecule has 0 bridgehead atoms. The van der Waals surface area contributed by atoms with Crippen LogP contribution in [0.4, 0.5) is 11.4 Å². The highest BCUT2D eigenvalue weighted by Crippen LogP contribution is 2.34. The van der Waals surface area contributed by atoms with Crippen LogP contribution in [0, 0.1) is 0 Å². The van der Waals surface area contributed by atoms with E-state index in [4.69, 9.17) is 4.42 Å². The predicted molar refractivity (Wildman–Crippen MR) is 95.8 cm³/mol. The third-order valence-electron chi connectivity index (χ3n) is 4.50. The maximum absolute atomic E-state index is 12.7. The standard InChI is InChI=1S/C17H15N3O5S/c1-9-12-7-10(3-5-13(12)18-16(9)21)19-26(23,24)11-4-6-14-15(8-11)25-17(22)20(14)2/h3-9,19H,1-2H3,(H,18,21). The van der Waals surface area contributed by atoms with Gasteiger partial charge in [0.1, 0.15) is 0 Å². The van der Waals surface area contributed by atoms with Crippen molar-refractivity contribution in [2.45, 2.75) is 17.7 Å². The largest absolute Gasteiger partial charge is 0.419 e. The number of oxazole rings is 1. The molecule has 2 heterocycles. The third kappa shape index (κ3) is 2.48. The Kier molecular flexibility index (Phi) is 3.45. The second-order valence-corrected chi connectivity index (χ2v) is 7.86. The zero-order valence-electron chi connectivity index (χ0n) is 13.9. The lowest BCUT2D eigenvalue weighted by atomic mass is 10.0. The van der Waals surface area contributed by atoms with Gasteiger partial charge in [0.15, 0.2) is 5.58 Å².